The summed E-state index contributed by atoms with van der Waals surface area (Å²) in [5, 5.41) is 11.8. The molecule has 7 heteroatoms. The van der Waals surface area contributed by atoms with E-state index in [-0.39, 0.29) is 23.5 Å². The van der Waals surface area contributed by atoms with E-state index < -0.39 is 16.1 Å². The molecule has 0 aliphatic heterocycles. The van der Waals surface area contributed by atoms with Crippen LogP contribution in [0.3, 0.4) is 0 Å². The zero-order chi connectivity index (χ0) is 17.9. The highest BCUT2D eigenvalue weighted by Crippen LogP contribution is 2.18. The molecule has 0 spiro atoms. The third-order valence-corrected chi connectivity index (χ3v) is 5.27. The predicted octanol–water partition coefficient (Wildman–Crippen LogP) is 1.34. The molecule has 1 unspecified atom stereocenters. The number of aliphatic hydroxyl groups is 1. The molecule has 1 atom stereocenters. The summed E-state index contributed by atoms with van der Waals surface area (Å²) in [4.78, 5) is 11.7. The zero-order valence-electron chi connectivity index (χ0n) is 13.4. The van der Waals surface area contributed by atoms with E-state index in [1.807, 2.05) is 24.3 Å². The van der Waals surface area contributed by atoms with E-state index in [9.17, 15) is 18.3 Å². The first-order chi connectivity index (χ1) is 12.0. The molecule has 3 rings (SSSR count). The van der Waals surface area contributed by atoms with Crippen molar-refractivity contribution in [2.45, 2.75) is 17.5 Å². The summed E-state index contributed by atoms with van der Waals surface area (Å²) >= 11 is 0. The summed E-state index contributed by atoms with van der Waals surface area (Å²) in [6, 6.07) is 17.0. The highest BCUT2D eigenvalue weighted by atomic mass is 32.2. The van der Waals surface area contributed by atoms with Crippen molar-refractivity contribution in [2.75, 3.05) is 6.54 Å². The van der Waals surface area contributed by atoms with E-state index in [1.54, 1.807) is 30.5 Å². The molecule has 0 aliphatic carbocycles. The van der Waals surface area contributed by atoms with Gasteiger partial charge in [0.05, 0.1) is 17.5 Å². The minimum absolute atomic E-state index is 0.0138. The van der Waals surface area contributed by atoms with Gasteiger partial charge in [-0.2, -0.15) is 0 Å². The standard InChI is InChI=1S/C18H18N2O4S/c21-16(13-20-10-4-3-7-18(20)22)12-19-25(23,24)17-9-8-14-5-1-2-6-15(14)11-17/h1-11,16,19,21H,12-13H2. The highest BCUT2D eigenvalue weighted by molar-refractivity contribution is 7.89. The van der Waals surface area contributed by atoms with E-state index >= 15 is 0 Å². The van der Waals surface area contributed by atoms with Crippen molar-refractivity contribution in [3.8, 4) is 0 Å². The number of hydrogen-bond donors (Lipinski definition) is 2. The summed E-state index contributed by atoms with van der Waals surface area (Å²) in [5.74, 6) is 0. The zero-order valence-corrected chi connectivity index (χ0v) is 14.2. The van der Waals surface area contributed by atoms with Crippen molar-refractivity contribution in [2.24, 2.45) is 0 Å². The maximum atomic E-state index is 12.4. The smallest absolute Gasteiger partial charge is 0.250 e. The Bertz CT molecular complexity index is 1040. The van der Waals surface area contributed by atoms with Gasteiger partial charge in [0.1, 0.15) is 0 Å². The number of nitrogens with zero attached hydrogens (tertiary/aromatic N) is 1. The van der Waals surface area contributed by atoms with Gasteiger partial charge in [-0.1, -0.05) is 36.4 Å². The van der Waals surface area contributed by atoms with Gasteiger partial charge < -0.3 is 9.67 Å². The van der Waals surface area contributed by atoms with Gasteiger partial charge in [-0.25, -0.2) is 13.1 Å². The van der Waals surface area contributed by atoms with Gasteiger partial charge in [0.2, 0.25) is 10.0 Å². The molecule has 1 heterocycles. The minimum Gasteiger partial charge on any atom is -0.390 e. The number of sulfonamides is 1. The first-order valence-electron chi connectivity index (χ1n) is 7.78. The second-order valence-corrected chi connectivity index (χ2v) is 7.47. The quantitative estimate of drug-likeness (QED) is 0.696. The van der Waals surface area contributed by atoms with Gasteiger partial charge >= 0.3 is 0 Å². The van der Waals surface area contributed by atoms with Crippen molar-refractivity contribution >= 4 is 20.8 Å². The number of fused-ring (bicyclic) bond motifs is 1. The van der Waals surface area contributed by atoms with E-state index in [0.717, 1.165) is 10.8 Å². The molecule has 130 valence electrons. The Morgan fingerprint density at radius 2 is 1.72 bits per heavy atom. The van der Waals surface area contributed by atoms with Crippen molar-refractivity contribution in [3.05, 3.63) is 77.2 Å². The lowest BCUT2D eigenvalue weighted by Gasteiger charge is -2.14. The SMILES string of the molecule is O=c1ccccn1CC(O)CNS(=O)(=O)c1ccc2ccccc2c1. The molecule has 0 saturated carbocycles. The lowest BCUT2D eigenvalue weighted by atomic mass is 10.1. The van der Waals surface area contributed by atoms with E-state index in [0.29, 0.717) is 0 Å². The molecule has 0 amide bonds. The second-order valence-electron chi connectivity index (χ2n) is 5.71. The Morgan fingerprint density at radius 3 is 2.48 bits per heavy atom. The van der Waals surface area contributed by atoms with Crippen molar-refractivity contribution < 1.29 is 13.5 Å². The van der Waals surface area contributed by atoms with Crippen LogP contribution in [0.5, 0.6) is 0 Å². The van der Waals surface area contributed by atoms with Crippen LogP contribution in [-0.2, 0) is 16.6 Å². The molecule has 6 nitrogen and oxygen atoms in total. The molecule has 25 heavy (non-hydrogen) atoms. The average molecular weight is 358 g/mol. The van der Waals surface area contributed by atoms with Gasteiger partial charge in [0, 0.05) is 18.8 Å². The van der Waals surface area contributed by atoms with Crippen LogP contribution in [0.2, 0.25) is 0 Å². The second kappa shape index (κ2) is 7.18. The molecule has 0 radical (unpaired) electrons. The van der Waals surface area contributed by atoms with Crippen molar-refractivity contribution in [3.63, 3.8) is 0 Å². The minimum atomic E-state index is -3.75. The normalized spacial score (nSPS) is 13.0. The number of nitrogens with one attached hydrogen (secondary N) is 1. The Hall–Kier alpha value is -2.48. The molecule has 2 aromatic carbocycles. The Labute approximate surface area is 145 Å². The van der Waals surface area contributed by atoms with Crippen LogP contribution >= 0.6 is 0 Å². The fourth-order valence-corrected chi connectivity index (χ4v) is 3.63. The topological polar surface area (TPSA) is 88.4 Å². The number of aromatic nitrogens is 1. The Kier molecular flexibility index (Phi) is 4.98. The van der Waals surface area contributed by atoms with Crippen LogP contribution in [0.15, 0.2) is 76.6 Å². The lowest BCUT2D eigenvalue weighted by molar-refractivity contribution is 0.156. The highest BCUT2D eigenvalue weighted by Gasteiger charge is 2.16. The number of benzene rings is 2. The van der Waals surface area contributed by atoms with Crippen LogP contribution < -0.4 is 10.3 Å². The Balaban J connectivity index is 1.70. The predicted molar refractivity (Wildman–Crippen MR) is 95.8 cm³/mol. The fraction of sp³-hybridized carbons (Fsp3) is 0.167. The number of rotatable bonds is 6. The van der Waals surface area contributed by atoms with Crippen LogP contribution in [0.1, 0.15) is 0 Å². The number of hydrogen-bond acceptors (Lipinski definition) is 4. The van der Waals surface area contributed by atoms with Gasteiger partial charge in [-0.3, -0.25) is 4.79 Å². The monoisotopic (exact) mass is 358 g/mol. The van der Waals surface area contributed by atoms with E-state index in [1.165, 1.54) is 16.7 Å². The maximum Gasteiger partial charge on any atom is 0.250 e. The van der Waals surface area contributed by atoms with Crippen LogP contribution in [-0.4, -0.2) is 30.7 Å². The summed E-state index contributed by atoms with van der Waals surface area (Å²) in [6.07, 6.45) is 0.527. The van der Waals surface area contributed by atoms with Crippen LogP contribution in [0, 0.1) is 0 Å². The van der Waals surface area contributed by atoms with Gasteiger partial charge in [0.15, 0.2) is 0 Å². The third-order valence-electron chi connectivity index (χ3n) is 3.85. The van der Waals surface area contributed by atoms with Gasteiger partial charge in [0.25, 0.3) is 5.56 Å². The van der Waals surface area contributed by atoms with E-state index in [2.05, 4.69) is 4.72 Å². The van der Waals surface area contributed by atoms with E-state index in [4.69, 9.17) is 0 Å². The van der Waals surface area contributed by atoms with Gasteiger partial charge in [-0.15, -0.1) is 0 Å². The molecule has 0 saturated heterocycles. The molecule has 1 aromatic heterocycles. The molecule has 0 aliphatic rings. The third kappa shape index (κ3) is 4.14. The molecule has 0 fully saturated rings. The number of pyridine rings is 1. The molecular weight excluding hydrogens is 340 g/mol. The van der Waals surface area contributed by atoms with Crippen LogP contribution in [0.25, 0.3) is 10.8 Å². The summed E-state index contributed by atoms with van der Waals surface area (Å²) < 4.78 is 28.5. The first-order valence-corrected chi connectivity index (χ1v) is 9.26. The Morgan fingerprint density at radius 1 is 1.00 bits per heavy atom. The van der Waals surface area contributed by atoms with Gasteiger partial charge in [-0.05, 0) is 29.0 Å². The summed E-state index contributed by atoms with van der Waals surface area (Å²) in [5.41, 5.74) is -0.251. The number of aliphatic hydroxyl groups excluding tert-OH is 1. The largest absolute Gasteiger partial charge is 0.390 e. The molecule has 3 aromatic rings. The van der Waals surface area contributed by atoms with Crippen molar-refractivity contribution in [1.29, 1.82) is 0 Å². The summed E-state index contributed by atoms with van der Waals surface area (Å²) in [6.45, 7) is -0.170. The van der Waals surface area contributed by atoms with Crippen molar-refractivity contribution in [1.82, 2.24) is 9.29 Å². The molecular formula is C18H18N2O4S. The van der Waals surface area contributed by atoms with Crippen LogP contribution in [0.4, 0.5) is 0 Å². The first kappa shape index (κ1) is 17.3. The summed E-state index contributed by atoms with van der Waals surface area (Å²) in [7, 11) is -3.75. The average Bonchev–Trinajstić information content (AvgIpc) is 2.62. The lowest BCUT2D eigenvalue weighted by Crippen LogP contribution is -2.36. The maximum absolute atomic E-state index is 12.4. The molecule has 0 bridgehead atoms. The molecule has 2 N–H and O–H groups in total. The fourth-order valence-electron chi connectivity index (χ4n) is 2.53.